The van der Waals surface area contributed by atoms with E-state index in [2.05, 4.69) is 0 Å². The van der Waals surface area contributed by atoms with Gasteiger partial charge in [-0.15, -0.1) is 12.4 Å². The van der Waals surface area contributed by atoms with E-state index in [-0.39, 0.29) is 219 Å². The normalized spacial score (nSPS) is 6.56. The van der Waals surface area contributed by atoms with Gasteiger partial charge < -0.3 is 14.7 Å². The Morgan fingerprint density at radius 2 is 0.889 bits per heavy atom. The van der Waals surface area contributed by atoms with Gasteiger partial charge in [-0.1, -0.05) is 0 Å². The van der Waals surface area contributed by atoms with Gasteiger partial charge in [0.25, 0.3) is 0 Å². The van der Waals surface area contributed by atoms with Crippen LogP contribution in [0.2, 0.25) is 0 Å². The van der Waals surface area contributed by atoms with Gasteiger partial charge in [-0.2, -0.15) is 0 Å². The summed E-state index contributed by atoms with van der Waals surface area (Å²) in [4.78, 5) is 21.6. The van der Waals surface area contributed by atoms with Crippen molar-refractivity contribution >= 4 is 227 Å². The van der Waals surface area contributed by atoms with Crippen LogP contribution in [0.3, 0.4) is 0 Å². The van der Waals surface area contributed by atoms with Crippen molar-refractivity contribution in [3.63, 3.8) is 0 Å². The topological polar surface area (TPSA) is 77.8 Å². The molecule has 4 nitrogen and oxygen atoms in total. The summed E-state index contributed by atoms with van der Waals surface area (Å²) in [5, 5.41) is 0. The van der Waals surface area contributed by atoms with Gasteiger partial charge in [-0.05, 0) is 0 Å². The second-order valence-corrected chi connectivity index (χ2v) is 1.54. The molecule has 0 saturated carbocycles. The first-order valence-corrected chi connectivity index (χ1v) is 2.35. The van der Waals surface area contributed by atoms with Crippen molar-refractivity contribution in [2.24, 2.45) is 0 Å². The van der Waals surface area contributed by atoms with Gasteiger partial charge in [0.1, 0.15) is 0 Å². The van der Waals surface area contributed by atoms with Gasteiger partial charge >= 0.3 is 215 Å². The molecule has 0 unspecified atom stereocenters. The summed E-state index contributed by atoms with van der Waals surface area (Å²) >= 11 is 0. The Bertz CT molecular complexity index is 61.9. The van der Waals surface area contributed by atoms with Crippen molar-refractivity contribution in [2.75, 3.05) is 0 Å². The van der Waals surface area contributed by atoms with Crippen LogP contribution in [-0.4, -0.2) is 221 Å². The van der Waals surface area contributed by atoms with Crippen LogP contribution in [0.1, 0.15) is 0 Å². The van der Waals surface area contributed by atoms with Crippen molar-refractivity contribution in [3.8, 4) is 0 Å². The Hall–Kier alpha value is 6.56. The molecule has 0 radical (unpaired) electrons. The molecule has 0 fully saturated rings. The standard InChI is InChI=1S/ClH.3Cs.H3O4P.3H/c;;;;1-5(2,3)4;;;/h1H;;;;(H3,1,2,3,4);;;. The number of hydrogen-bond acceptors (Lipinski definition) is 1. The zero-order valence-corrected chi connectivity index (χ0v) is 4.32. The summed E-state index contributed by atoms with van der Waals surface area (Å²) in [6.45, 7) is 0. The van der Waals surface area contributed by atoms with Crippen LogP contribution in [0.4, 0.5) is 0 Å². The zero-order valence-electron chi connectivity index (χ0n) is 2.61. The van der Waals surface area contributed by atoms with E-state index in [4.69, 9.17) is 19.2 Å². The van der Waals surface area contributed by atoms with Crippen molar-refractivity contribution in [2.45, 2.75) is 0 Å². The first-order valence-electron chi connectivity index (χ1n) is 0.783. The second kappa shape index (κ2) is 17.0. The minimum absolute atomic E-state index is 0. The van der Waals surface area contributed by atoms with Crippen LogP contribution < -0.4 is 0 Å². The molecule has 0 atom stereocenters. The van der Waals surface area contributed by atoms with E-state index in [1.807, 2.05) is 0 Å². The maximum atomic E-state index is 8.88. The van der Waals surface area contributed by atoms with E-state index < -0.39 is 7.82 Å². The number of phosphoric acid groups is 1. The first-order chi connectivity index (χ1) is 2.00. The van der Waals surface area contributed by atoms with E-state index in [0.29, 0.717) is 0 Å². The van der Waals surface area contributed by atoms with E-state index in [1.165, 1.54) is 0 Å². The van der Waals surface area contributed by atoms with Gasteiger partial charge in [-0.3, -0.25) is 0 Å². The fraction of sp³-hybridized carbons (Fsp3) is 0. The van der Waals surface area contributed by atoms with Gasteiger partial charge in [0.2, 0.25) is 0 Å². The van der Waals surface area contributed by atoms with E-state index in [9.17, 15) is 0 Å². The number of rotatable bonds is 0. The first kappa shape index (κ1) is 29.6. The van der Waals surface area contributed by atoms with E-state index in [0.717, 1.165) is 0 Å². The van der Waals surface area contributed by atoms with Crippen LogP contribution in [0, 0.1) is 0 Å². The maximum absolute atomic E-state index is 8.88. The molecule has 0 aromatic carbocycles. The van der Waals surface area contributed by atoms with Gasteiger partial charge in [0.05, 0.1) is 0 Å². The molecule has 0 aliphatic heterocycles. The number of hydrogen-bond donors (Lipinski definition) is 3. The van der Waals surface area contributed by atoms with Crippen molar-refractivity contribution in [1.82, 2.24) is 0 Å². The molecule has 0 bridgehead atoms. The molecule has 0 aliphatic carbocycles. The second-order valence-electron chi connectivity index (χ2n) is 0.513. The summed E-state index contributed by atoms with van der Waals surface area (Å²) in [7, 11) is -4.64. The average Bonchev–Trinajstić information content (AvgIpc) is 0.722. The van der Waals surface area contributed by atoms with E-state index >= 15 is 0 Å². The quantitative estimate of drug-likeness (QED) is 0.301. The molecular formula is H7ClCs3O4P. The van der Waals surface area contributed by atoms with Crippen LogP contribution in [-0.2, 0) is 4.57 Å². The van der Waals surface area contributed by atoms with Crippen LogP contribution in [0.25, 0.3) is 0 Å². The number of halogens is 1. The summed E-state index contributed by atoms with van der Waals surface area (Å²) in [5.41, 5.74) is 0. The van der Waals surface area contributed by atoms with Crippen LogP contribution in [0.5, 0.6) is 0 Å². The Labute approximate surface area is 236 Å². The van der Waals surface area contributed by atoms with Crippen molar-refractivity contribution in [1.29, 1.82) is 0 Å². The predicted octanol–water partition coefficient (Wildman–Crippen LogP) is -2.45. The van der Waals surface area contributed by atoms with Crippen LogP contribution >= 0.6 is 20.2 Å². The van der Waals surface area contributed by atoms with Gasteiger partial charge in [0, 0.05) is 0 Å². The van der Waals surface area contributed by atoms with Crippen molar-refractivity contribution in [3.05, 3.63) is 0 Å². The third-order valence-electron chi connectivity index (χ3n) is 0. The Balaban J connectivity index is -0.0000000133. The summed E-state index contributed by atoms with van der Waals surface area (Å²) in [5.74, 6) is 0. The Kier molecular flexibility index (Phi) is 55.8. The average molecular weight is 536 g/mol. The fourth-order valence-electron chi connectivity index (χ4n) is 0. The van der Waals surface area contributed by atoms with Gasteiger partial charge in [0.15, 0.2) is 0 Å². The molecule has 0 rings (SSSR count). The fourth-order valence-corrected chi connectivity index (χ4v) is 0. The monoisotopic (exact) mass is 536 g/mol. The Morgan fingerprint density at radius 1 is 0.889 bits per heavy atom. The van der Waals surface area contributed by atoms with Gasteiger partial charge in [-0.25, -0.2) is 4.57 Å². The molecule has 3 N–H and O–H groups in total. The molecule has 0 aliphatic rings. The zero-order chi connectivity index (χ0) is 4.50. The molecule has 46 valence electrons. The third kappa shape index (κ3) is 53.4. The molecule has 0 amide bonds. The van der Waals surface area contributed by atoms with Crippen molar-refractivity contribution < 1.29 is 19.2 Å². The Morgan fingerprint density at radius 3 is 0.889 bits per heavy atom. The summed E-state index contributed by atoms with van der Waals surface area (Å²) < 4.78 is 8.88. The van der Waals surface area contributed by atoms with Crippen LogP contribution in [0.15, 0.2) is 0 Å². The molecule has 9 heavy (non-hydrogen) atoms. The summed E-state index contributed by atoms with van der Waals surface area (Å²) in [6.07, 6.45) is 0. The molecule has 0 aromatic heterocycles. The molecule has 9 heteroatoms. The predicted molar refractivity (Wildman–Crippen MR) is 43.0 cm³/mol. The van der Waals surface area contributed by atoms with E-state index in [1.54, 1.807) is 0 Å². The third-order valence-corrected chi connectivity index (χ3v) is 0. The summed E-state index contributed by atoms with van der Waals surface area (Å²) in [6, 6.07) is 0. The SMILES string of the molecule is Cl.O=P(O)(O)O.[CsH].[CsH].[CsH]. The molecule has 0 aromatic rings. The molecule has 0 saturated heterocycles. The molecular weight excluding hydrogens is 529 g/mol. The molecule has 0 spiro atoms. The molecule has 0 heterocycles. The minimum atomic E-state index is -4.64.